The lowest BCUT2D eigenvalue weighted by atomic mass is 10.3. The van der Waals surface area contributed by atoms with E-state index in [0.29, 0.717) is 19.0 Å². The van der Waals surface area contributed by atoms with Crippen LogP contribution >= 0.6 is 0 Å². The molecule has 0 spiro atoms. The summed E-state index contributed by atoms with van der Waals surface area (Å²) in [5.41, 5.74) is -0.412. The predicted molar refractivity (Wildman–Crippen MR) is 49.6 cm³/mol. The summed E-state index contributed by atoms with van der Waals surface area (Å²) in [6.45, 7) is 1.16. The maximum Gasteiger partial charge on any atom is 0.220 e. The van der Waals surface area contributed by atoms with E-state index in [1.165, 1.54) is 12.1 Å². The summed E-state index contributed by atoms with van der Waals surface area (Å²) in [7, 11) is 0. The van der Waals surface area contributed by atoms with E-state index in [1.807, 2.05) is 0 Å². The van der Waals surface area contributed by atoms with Gasteiger partial charge in [-0.3, -0.25) is 4.79 Å². The minimum Gasteiger partial charge on any atom is -0.504 e. The molecule has 1 aromatic carbocycles. The molecule has 0 bridgehead atoms. The van der Waals surface area contributed by atoms with Crippen molar-refractivity contribution >= 4 is 0 Å². The normalized spacial score (nSPS) is 16.0. The quantitative estimate of drug-likeness (QED) is 0.746. The molecule has 4 nitrogen and oxygen atoms in total. The average Bonchev–Trinajstić information content (AvgIpc) is 2.25. The van der Waals surface area contributed by atoms with E-state index >= 15 is 0 Å². The van der Waals surface area contributed by atoms with Gasteiger partial charge < -0.3 is 14.6 Å². The van der Waals surface area contributed by atoms with Crippen LogP contribution in [0.1, 0.15) is 0 Å². The number of aromatic hydroxyl groups is 1. The van der Waals surface area contributed by atoms with E-state index in [2.05, 4.69) is 0 Å². The molecule has 1 N–H and O–H groups in total. The fourth-order valence-electron chi connectivity index (χ4n) is 1.10. The zero-order valence-electron chi connectivity index (χ0n) is 7.47. The van der Waals surface area contributed by atoms with E-state index in [4.69, 9.17) is 14.6 Å². The van der Waals surface area contributed by atoms with Gasteiger partial charge in [-0.1, -0.05) is 0 Å². The van der Waals surface area contributed by atoms with Gasteiger partial charge >= 0.3 is 0 Å². The molecule has 0 unspecified atom stereocenters. The molecule has 0 aromatic heterocycles. The molecule has 1 aromatic rings. The largest absolute Gasteiger partial charge is 0.504 e. The van der Waals surface area contributed by atoms with Gasteiger partial charge in [0.1, 0.15) is 11.9 Å². The van der Waals surface area contributed by atoms with Crippen molar-refractivity contribution < 1.29 is 14.6 Å². The molecule has 14 heavy (non-hydrogen) atoms. The molecule has 1 aliphatic heterocycles. The average molecular weight is 194 g/mol. The number of ether oxygens (including phenoxy) is 2. The van der Waals surface area contributed by atoms with Crippen LogP contribution in [-0.4, -0.2) is 24.4 Å². The third-order valence-corrected chi connectivity index (χ3v) is 1.97. The minimum atomic E-state index is -0.412. The van der Waals surface area contributed by atoms with E-state index in [9.17, 15) is 4.79 Å². The third-order valence-electron chi connectivity index (χ3n) is 1.97. The van der Waals surface area contributed by atoms with Crippen molar-refractivity contribution in [2.75, 3.05) is 13.2 Å². The third kappa shape index (κ3) is 1.85. The Morgan fingerprint density at radius 2 is 2.00 bits per heavy atom. The highest BCUT2D eigenvalue weighted by Gasteiger charge is 2.19. The predicted octanol–water partition coefficient (Wildman–Crippen LogP) is 0.530. The Balaban J connectivity index is 2.18. The van der Waals surface area contributed by atoms with Crippen LogP contribution in [0.4, 0.5) is 0 Å². The molecule has 4 heteroatoms. The Morgan fingerprint density at radius 3 is 2.64 bits per heavy atom. The molecule has 0 amide bonds. The van der Waals surface area contributed by atoms with E-state index < -0.39 is 5.43 Å². The second-order valence-electron chi connectivity index (χ2n) is 3.10. The second kappa shape index (κ2) is 3.67. The highest BCUT2D eigenvalue weighted by Crippen LogP contribution is 2.15. The fraction of sp³-hybridized carbons (Fsp3) is 0.300. The van der Waals surface area contributed by atoms with Crippen molar-refractivity contribution in [1.29, 1.82) is 0 Å². The second-order valence-corrected chi connectivity index (χ2v) is 3.10. The first-order valence-corrected chi connectivity index (χ1v) is 4.33. The summed E-state index contributed by atoms with van der Waals surface area (Å²) in [5, 5.41) is 9.12. The molecule has 1 saturated heterocycles. The highest BCUT2D eigenvalue weighted by atomic mass is 16.6. The van der Waals surface area contributed by atoms with Crippen LogP contribution in [0.15, 0.2) is 29.1 Å². The van der Waals surface area contributed by atoms with Crippen LogP contribution in [0.2, 0.25) is 0 Å². The van der Waals surface area contributed by atoms with Gasteiger partial charge in [0.25, 0.3) is 0 Å². The van der Waals surface area contributed by atoms with Gasteiger partial charge in [-0.15, -0.1) is 0 Å². The van der Waals surface area contributed by atoms with Gasteiger partial charge in [0, 0.05) is 0 Å². The molecular weight excluding hydrogens is 184 g/mol. The lowest BCUT2D eigenvalue weighted by molar-refractivity contribution is -0.0796. The van der Waals surface area contributed by atoms with Crippen molar-refractivity contribution in [3.63, 3.8) is 0 Å². The summed E-state index contributed by atoms with van der Waals surface area (Å²) in [6, 6.07) is 5.72. The van der Waals surface area contributed by atoms with Crippen molar-refractivity contribution in [1.82, 2.24) is 0 Å². The van der Waals surface area contributed by atoms with Gasteiger partial charge in [-0.2, -0.15) is 0 Å². The lowest BCUT2D eigenvalue weighted by Gasteiger charge is -2.26. The van der Waals surface area contributed by atoms with Crippen LogP contribution < -0.4 is 10.2 Å². The van der Waals surface area contributed by atoms with Crippen LogP contribution in [0.5, 0.6) is 11.5 Å². The van der Waals surface area contributed by atoms with Gasteiger partial charge in [-0.25, -0.2) is 0 Å². The maximum atomic E-state index is 11.0. The van der Waals surface area contributed by atoms with Crippen molar-refractivity contribution in [3.05, 3.63) is 34.5 Å². The fourth-order valence-corrected chi connectivity index (χ4v) is 1.10. The van der Waals surface area contributed by atoms with Gasteiger partial charge in [0.2, 0.25) is 5.43 Å². The van der Waals surface area contributed by atoms with Gasteiger partial charge in [0.15, 0.2) is 5.75 Å². The lowest BCUT2D eigenvalue weighted by Crippen LogP contribution is -2.38. The van der Waals surface area contributed by atoms with Crippen molar-refractivity contribution in [3.8, 4) is 11.5 Å². The molecular formula is C10H10O4. The molecule has 2 rings (SSSR count). The van der Waals surface area contributed by atoms with Crippen LogP contribution in [0, 0.1) is 0 Å². The van der Waals surface area contributed by atoms with Gasteiger partial charge in [-0.05, 0) is 24.3 Å². The minimum absolute atomic E-state index is 0.0645. The molecule has 74 valence electrons. The number of rotatable bonds is 2. The summed E-state index contributed by atoms with van der Waals surface area (Å²) < 4.78 is 10.4. The molecule has 1 aliphatic rings. The molecule has 1 heterocycles. The monoisotopic (exact) mass is 194 g/mol. The zero-order chi connectivity index (χ0) is 9.97. The smallest absolute Gasteiger partial charge is 0.220 e. The Hall–Kier alpha value is -1.55. The molecule has 0 aliphatic carbocycles. The maximum absolute atomic E-state index is 11.0. The highest BCUT2D eigenvalue weighted by molar-refractivity contribution is 5.27. The van der Waals surface area contributed by atoms with Crippen LogP contribution in [-0.2, 0) is 4.74 Å². The Kier molecular flexibility index (Phi) is 2.37. The van der Waals surface area contributed by atoms with Crippen molar-refractivity contribution in [2.24, 2.45) is 0 Å². The summed E-state index contributed by atoms with van der Waals surface area (Å²) in [5.74, 6) is 0.292. The first-order chi connectivity index (χ1) is 6.75. The Morgan fingerprint density at radius 1 is 1.29 bits per heavy atom. The first kappa shape index (κ1) is 9.02. The Bertz CT molecular complexity index is 384. The Labute approximate surface area is 80.7 Å². The summed E-state index contributed by atoms with van der Waals surface area (Å²) in [4.78, 5) is 11.0. The molecule has 0 saturated carbocycles. The van der Waals surface area contributed by atoms with E-state index in [1.54, 1.807) is 12.1 Å². The van der Waals surface area contributed by atoms with Crippen LogP contribution in [0.3, 0.4) is 0 Å². The molecule has 0 atom stereocenters. The topological polar surface area (TPSA) is 55.8 Å². The molecule has 0 radical (unpaired) electrons. The first-order valence-electron chi connectivity index (χ1n) is 4.33. The standard InChI is InChI=1S/C10H10O4/c11-9-3-1-7(2-4-10(9)12)14-8-5-13-6-8/h1-4,8H,5-6H2,(H,11,12). The van der Waals surface area contributed by atoms with E-state index in [-0.39, 0.29) is 11.9 Å². The summed E-state index contributed by atoms with van der Waals surface area (Å²) >= 11 is 0. The van der Waals surface area contributed by atoms with E-state index in [0.717, 1.165) is 0 Å². The zero-order valence-corrected chi connectivity index (χ0v) is 7.47. The SMILES string of the molecule is O=c1ccc(OC2COC2)ccc1O. The number of hydrogen-bond acceptors (Lipinski definition) is 4. The summed E-state index contributed by atoms with van der Waals surface area (Å²) in [6.07, 6.45) is 0.0645. The van der Waals surface area contributed by atoms with Crippen LogP contribution in [0.25, 0.3) is 0 Å². The van der Waals surface area contributed by atoms with Crippen molar-refractivity contribution in [2.45, 2.75) is 6.10 Å². The molecule has 1 fully saturated rings. The van der Waals surface area contributed by atoms with Gasteiger partial charge in [0.05, 0.1) is 13.2 Å². The number of hydrogen-bond donors (Lipinski definition) is 1.